The lowest BCUT2D eigenvalue weighted by atomic mass is 10.3. The molecular weight excluding hydrogens is 166 g/mol. The number of hydrogen-bond donors (Lipinski definition) is 1. The van der Waals surface area contributed by atoms with Gasteiger partial charge in [0.05, 0.1) is 18.5 Å². The predicted octanol–water partition coefficient (Wildman–Crippen LogP) is 1.26. The van der Waals surface area contributed by atoms with E-state index in [1.165, 1.54) is 0 Å². The number of ether oxygens (including phenoxy) is 1. The monoisotopic (exact) mass is 183 g/mol. The summed E-state index contributed by atoms with van der Waals surface area (Å²) >= 11 is 0. The number of aromatic nitrogens is 2. The molecule has 0 saturated carbocycles. The third-order valence-corrected chi connectivity index (χ3v) is 1.69. The SMILES string of the molecule is CCOCC(C)Nc1cnn(C)c1. The summed E-state index contributed by atoms with van der Waals surface area (Å²) in [6.07, 6.45) is 3.75. The van der Waals surface area contributed by atoms with Gasteiger partial charge < -0.3 is 10.1 Å². The van der Waals surface area contributed by atoms with Crippen molar-refractivity contribution < 1.29 is 4.74 Å². The standard InChI is InChI=1S/C9H17N3O/c1-4-13-7-8(2)11-9-5-10-12(3)6-9/h5-6,8,11H,4,7H2,1-3H3. The molecule has 0 amide bonds. The maximum atomic E-state index is 5.28. The summed E-state index contributed by atoms with van der Waals surface area (Å²) in [4.78, 5) is 0. The van der Waals surface area contributed by atoms with Crippen LogP contribution in [0.3, 0.4) is 0 Å². The fourth-order valence-corrected chi connectivity index (χ4v) is 1.12. The molecule has 0 aliphatic rings. The number of aryl methyl sites for hydroxylation is 1. The number of nitrogens with one attached hydrogen (secondary N) is 1. The van der Waals surface area contributed by atoms with Gasteiger partial charge in [0.1, 0.15) is 0 Å². The first-order valence-corrected chi connectivity index (χ1v) is 4.55. The van der Waals surface area contributed by atoms with Crippen LogP contribution in [0.1, 0.15) is 13.8 Å². The van der Waals surface area contributed by atoms with Crippen molar-refractivity contribution in [3.05, 3.63) is 12.4 Å². The molecule has 0 aromatic carbocycles. The van der Waals surface area contributed by atoms with Gasteiger partial charge in [0.25, 0.3) is 0 Å². The van der Waals surface area contributed by atoms with Crippen molar-refractivity contribution in [1.82, 2.24) is 9.78 Å². The van der Waals surface area contributed by atoms with E-state index in [2.05, 4.69) is 17.3 Å². The quantitative estimate of drug-likeness (QED) is 0.747. The number of rotatable bonds is 5. The van der Waals surface area contributed by atoms with Crippen molar-refractivity contribution in [2.24, 2.45) is 7.05 Å². The van der Waals surface area contributed by atoms with E-state index in [4.69, 9.17) is 4.74 Å². The molecule has 1 heterocycles. The summed E-state index contributed by atoms with van der Waals surface area (Å²) < 4.78 is 7.06. The zero-order valence-electron chi connectivity index (χ0n) is 8.45. The second-order valence-corrected chi connectivity index (χ2v) is 3.11. The van der Waals surface area contributed by atoms with Crippen molar-refractivity contribution in [1.29, 1.82) is 0 Å². The molecule has 13 heavy (non-hydrogen) atoms. The Morgan fingerprint density at radius 2 is 2.46 bits per heavy atom. The normalized spacial score (nSPS) is 12.8. The zero-order valence-corrected chi connectivity index (χ0v) is 8.45. The van der Waals surface area contributed by atoms with Crippen molar-refractivity contribution in [2.75, 3.05) is 18.5 Å². The topological polar surface area (TPSA) is 39.1 Å². The van der Waals surface area contributed by atoms with Gasteiger partial charge in [-0.15, -0.1) is 0 Å². The number of nitrogens with zero attached hydrogens (tertiary/aromatic N) is 2. The lowest BCUT2D eigenvalue weighted by Gasteiger charge is -2.12. The summed E-state index contributed by atoms with van der Waals surface area (Å²) in [7, 11) is 1.90. The van der Waals surface area contributed by atoms with E-state index < -0.39 is 0 Å². The Morgan fingerprint density at radius 3 is 3.00 bits per heavy atom. The molecule has 1 aromatic heterocycles. The van der Waals surface area contributed by atoms with Crippen molar-refractivity contribution in [3.63, 3.8) is 0 Å². The van der Waals surface area contributed by atoms with Gasteiger partial charge in [0, 0.05) is 25.9 Å². The van der Waals surface area contributed by atoms with E-state index in [1.54, 1.807) is 4.68 Å². The highest BCUT2D eigenvalue weighted by molar-refractivity contribution is 5.38. The molecule has 0 spiro atoms. The maximum Gasteiger partial charge on any atom is 0.0729 e. The van der Waals surface area contributed by atoms with Gasteiger partial charge in [0.15, 0.2) is 0 Å². The minimum Gasteiger partial charge on any atom is -0.380 e. The number of hydrogen-bond acceptors (Lipinski definition) is 3. The van der Waals surface area contributed by atoms with Gasteiger partial charge >= 0.3 is 0 Å². The van der Waals surface area contributed by atoms with Crippen LogP contribution in [-0.4, -0.2) is 29.0 Å². The van der Waals surface area contributed by atoms with Crippen LogP contribution in [0, 0.1) is 0 Å². The molecule has 1 N–H and O–H groups in total. The first kappa shape index (κ1) is 10.1. The molecule has 1 rings (SSSR count). The predicted molar refractivity (Wildman–Crippen MR) is 52.8 cm³/mol. The highest BCUT2D eigenvalue weighted by Gasteiger charge is 2.02. The Morgan fingerprint density at radius 1 is 1.69 bits per heavy atom. The van der Waals surface area contributed by atoms with Gasteiger partial charge in [-0.05, 0) is 13.8 Å². The second-order valence-electron chi connectivity index (χ2n) is 3.11. The Kier molecular flexibility index (Phi) is 3.76. The van der Waals surface area contributed by atoms with Crippen LogP contribution in [-0.2, 0) is 11.8 Å². The smallest absolute Gasteiger partial charge is 0.0729 e. The molecule has 0 fully saturated rings. The van der Waals surface area contributed by atoms with Crippen LogP contribution in [0.2, 0.25) is 0 Å². The third kappa shape index (κ3) is 3.46. The van der Waals surface area contributed by atoms with Crippen LogP contribution in [0.4, 0.5) is 5.69 Å². The average molecular weight is 183 g/mol. The van der Waals surface area contributed by atoms with Gasteiger partial charge in [-0.3, -0.25) is 4.68 Å². The summed E-state index contributed by atoms with van der Waals surface area (Å²) in [6.45, 7) is 5.57. The lowest BCUT2D eigenvalue weighted by molar-refractivity contribution is 0.141. The highest BCUT2D eigenvalue weighted by Crippen LogP contribution is 2.05. The zero-order chi connectivity index (χ0) is 9.68. The fourth-order valence-electron chi connectivity index (χ4n) is 1.12. The molecule has 0 saturated heterocycles. The molecule has 0 aliphatic carbocycles. The van der Waals surface area contributed by atoms with Crippen molar-refractivity contribution in [2.45, 2.75) is 19.9 Å². The van der Waals surface area contributed by atoms with E-state index in [0.717, 1.165) is 18.9 Å². The van der Waals surface area contributed by atoms with E-state index in [-0.39, 0.29) is 0 Å². The fraction of sp³-hybridized carbons (Fsp3) is 0.667. The van der Waals surface area contributed by atoms with Crippen molar-refractivity contribution in [3.8, 4) is 0 Å². The maximum absolute atomic E-state index is 5.28. The van der Waals surface area contributed by atoms with Gasteiger partial charge in [-0.2, -0.15) is 5.10 Å². The average Bonchev–Trinajstić information content (AvgIpc) is 2.48. The lowest BCUT2D eigenvalue weighted by Crippen LogP contribution is -2.21. The summed E-state index contributed by atoms with van der Waals surface area (Å²) in [5.41, 5.74) is 1.04. The van der Waals surface area contributed by atoms with E-state index in [1.807, 2.05) is 26.4 Å². The Balaban J connectivity index is 2.31. The molecule has 1 unspecified atom stereocenters. The summed E-state index contributed by atoms with van der Waals surface area (Å²) in [5, 5.41) is 7.35. The molecule has 4 heteroatoms. The first-order valence-electron chi connectivity index (χ1n) is 4.55. The minimum atomic E-state index is 0.323. The Hall–Kier alpha value is -1.03. The highest BCUT2D eigenvalue weighted by atomic mass is 16.5. The Bertz CT molecular complexity index is 247. The molecule has 0 bridgehead atoms. The van der Waals surface area contributed by atoms with Gasteiger partial charge in [-0.25, -0.2) is 0 Å². The second kappa shape index (κ2) is 4.87. The minimum absolute atomic E-state index is 0.323. The number of anilines is 1. The molecule has 1 aromatic rings. The summed E-state index contributed by atoms with van der Waals surface area (Å²) in [5.74, 6) is 0. The van der Waals surface area contributed by atoms with Crippen LogP contribution < -0.4 is 5.32 Å². The largest absolute Gasteiger partial charge is 0.380 e. The Labute approximate surface area is 78.9 Å². The van der Waals surface area contributed by atoms with Gasteiger partial charge in [-0.1, -0.05) is 0 Å². The molecule has 4 nitrogen and oxygen atoms in total. The first-order chi connectivity index (χ1) is 6.22. The molecule has 0 radical (unpaired) electrons. The van der Waals surface area contributed by atoms with E-state index in [0.29, 0.717) is 6.04 Å². The summed E-state index contributed by atoms with van der Waals surface area (Å²) in [6, 6.07) is 0.323. The van der Waals surface area contributed by atoms with E-state index in [9.17, 15) is 0 Å². The van der Waals surface area contributed by atoms with Crippen LogP contribution >= 0.6 is 0 Å². The van der Waals surface area contributed by atoms with Crippen LogP contribution in [0.25, 0.3) is 0 Å². The molecule has 0 aliphatic heterocycles. The molecule has 1 atom stereocenters. The third-order valence-electron chi connectivity index (χ3n) is 1.69. The molecular formula is C9H17N3O. The van der Waals surface area contributed by atoms with E-state index >= 15 is 0 Å². The van der Waals surface area contributed by atoms with Gasteiger partial charge in [0.2, 0.25) is 0 Å². The molecule has 74 valence electrons. The van der Waals surface area contributed by atoms with Crippen LogP contribution in [0.5, 0.6) is 0 Å². The van der Waals surface area contributed by atoms with Crippen LogP contribution in [0.15, 0.2) is 12.4 Å². The van der Waals surface area contributed by atoms with Crippen molar-refractivity contribution >= 4 is 5.69 Å².